The lowest BCUT2D eigenvalue weighted by Gasteiger charge is -2.31. The van der Waals surface area contributed by atoms with Crippen molar-refractivity contribution in [2.75, 3.05) is 37.7 Å². The fourth-order valence-corrected chi connectivity index (χ4v) is 6.00. The third kappa shape index (κ3) is 3.99. The molecule has 0 aliphatic carbocycles. The molecule has 166 valence electrons. The SMILES string of the molecule is Cc1sc2nc(CN3CCOCC3)nc(N3CCCC3C(C#N)c3ccccc3)c2c1C. The van der Waals surface area contributed by atoms with Crippen molar-refractivity contribution in [3.8, 4) is 6.07 Å². The van der Waals surface area contributed by atoms with Crippen molar-refractivity contribution in [1.29, 1.82) is 5.26 Å². The molecule has 2 saturated heterocycles. The summed E-state index contributed by atoms with van der Waals surface area (Å²) >= 11 is 1.75. The summed E-state index contributed by atoms with van der Waals surface area (Å²) in [7, 11) is 0. The van der Waals surface area contributed by atoms with Gasteiger partial charge in [-0.2, -0.15) is 5.26 Å². The lowest BCUT2D eigenvalue weighted by atomic mass is 9.91. The first-order valence-corrected chi connectivity index (χ1v) is 12.3. The Bertz CT molecular complexity index is 1130. The van der Waals surface area contributed by atoms with Gasteiger partial charge in [0.05, 0.1) is 43.2 Å². The molecule has 32 heavy (non-hydrogen) atoms. The van der Waals surface area contributed by atoms with Gasteiger partial charge in [-0.1, -0.05) is 30.3 Å². The van der Waals surface area contributed by atoms with E-state index in [1.54, 1.807) is 11.3 Å². The standard InChI is InChI=1S/C25H29N5OS/c1-17-18(2)32-25-23(17)24(27-22(28-25)16-29-11-13-31-14-12-29)30-10-6-9-21(30)20(15-26)19-7-4-3-5-8-19/h3-5,7-8,20-21H,6,9-14,16H2,1-2H3. The molecule has 0 amide bonds. The monoisotopic (exact) mass is 447 g/mol. The van der Waals surface area contributed by atoms with Crippen molar-refractivity contribution < 1.29 is 4.74 Å². The fraction of sp³-hybridized carbons (Fsp3) is 0.480. The molecule has 6 nitrogen and oxygen atoms in total. The van der Waals surface area contributed by atoms with Crippen molar-refractivity contribution in [3.63, 3.8) is 0 Å². The number of thiophene rings is 1. The number of benzene rings is 1. The summed E-state index contributed by atoms with van der Waals surface area (Å²) in [6.07, 6.45) is 2.07. The Labute approximate surface area is 193 Å². The predicted molar refractivity (Wildman–Crippen MR) is 128 cm³/mol. The number of fused-ring (bicyclic) bond motifs is 1. The van der Waals surface area contributed by atoms with Gasteiger partial charge in [-0.25, -0.2) is 9.97 Å². The van der Waals surface area contributed by atoms with Crippen LogP contribution in [0, 0.1) is 25.2 Å². The fourth-order valence-electron chi connectivity index (χ4n) is 4.95. The van der Waals surface area contributed by atoms with E-state index >= 15 is 0 Å². The molecule has 2 aliphatic heterocycles. The van der Waals surface area contributed by atoms with E-state index in [1.807, 2.05) is 18.2 Å². The first-order chi connectivity index (χ1) is 15.7. The van der Waals surface area contributed by atoms with E-state index in [9.17, 15) is 5.26 Å². The smallest absolute Gasteiger partial charge is 0.146 e. The molecule has 2 fully saturated rings. The maximum Gasteiger partial charge on any atom is 0.146 e. The minimum atomic E-state index is -0.175. The summed E-state index contributed by atoms with van der Waals surface area (Å²) in [5.74, 6) is 1.71. The second-order valence-corrected chi connectivity index (χ2v) is 9.94. The number of aryl methyl sites for hydroxylation is 2. The second-order valence-electron chi connectivity index (χ2n) is 8.74. The summed E-state index contributed by atoms with van der Waals surface area (Å²) in [6.45, 7) is 9.35. The van der Waals surface area contributed by atoms with Crippen molar-refractivity contribution in [2.24, 2.45) is 0 Å². The highest BCUT2D eigenvalue weighted by atomic mass is 32.1. The van der Waals surface area contributed by atoms with E-state index in [2.05, 4.69) is 41.8 Å². The summed E-state index contributed by atoms with van der Waals surface area (Å²) in [6, 6.07) is 12.9. The van der Waals surface area contributed by atoms with Crippen molar-refractivity contribution >= 4 is 27.4 Å². The van der Waals surface area contributed by atoms with Crippen LogP contribution >= 0.6 is 11.3 Å². The van der Waals surface area contributed by atoms with Crippen LogP contribution in [0.15, 0.2) is 30.3 Å². The zero-order valence-corrected chi connectivity index (χ0v) is 19.6. The topological polar surface area (TPSA) is 65.3 Å². The molecule has 0 saturated carbocycles. The van der Waals surface area contributed by atoms with Gasteiger partial charge in [-0.3, -0.25) is 4.90 Å². The van der Waals surface area contributed by atoms with Crippen LogP contribution in [0.4, 0.5) is 5.82 Å². The molecule has 0 N–H and O–H groups in total. The van der Waals surface area contributed by atoms with E-state index in [0.29, 0.717) is 0 Å². The molecular weight excluding hydrogens is 418 g/mol. The zero-order valence-electron chi connectivity index (χ0n) is 18.8. The van der Waals surface area contributed by atoms with Gasteiger partial charge < -0.3 is 9.64 Å². The molecular formula is C25H29N5OS. The number of aromatic nitrogens is 2. The molecule has 1 aromatic carbocycles. The van der Waals surface area contributed by atoms with Gasteiger partial charge in [0, 0.05) is 24.5 Å². The second kappa shape index (κ2) is 9.14. The van der Waals surface area contributed by atoms with E-state index in [4.69, 9.17) is 14.7 Å². The Morgan fingerprint density at radius 1 is 1.16 bits per heavy atom. The van der Waals surface area contributed by atoms with Gasteiger partial charge in [0.1, 0.15) is 16.5 Å². The van der Waals surface area contributed by atoms with Crippen LogP contribution in [0.5, 0.6) is 0 Å². The highest BCUT2D eigenvalue weighted by Gasteiger charge is 2.35. The molecule has 2 aliphatic rings. The summed E-state index contributed by atoms with van der Waals surface area (Å²) < 4.78 is 5.51. The van der Waals surface area contributed by atoms with Crippen LogP contribution in [-0.4, -0.2) is 53.8 Å². The van der Waals surface area contributed by atoms with Gasteiger partial charge in [0.25, 0.3) is 0 Å². The Morgan fingerprint density at radius 2 is 1.94 bits per heavy atom. The van der Waals surface area contributed by atoms with Crippen LogP contribution in [0.2, 0.25) is 0 Å². The number of morpholine rings is 1. The van der Waals surface area contributed by atoms with Crippen LogP contribution in [0.3, 0.4) is 0 Å². The number of nitrogens with zero attached hydrogens (tertiary/aromatic N) is 5. The van der Waals surface area contributed by atoms with Crippen LogP contribution in [0.25, 0.3) is 10.2 Å². The number of ether oxygens (including phenoxy) is 1. The van der Waals surface area contributed by atoms with E-state index in [0.717, 1.165) is 79.7 Å². The van der Waals surface area contributed by atoms with Gasteiger partial charge in [-0.05, 0) is 37.8 Å². The van der Waals surface area contributed by atoms with Gasteiger partial charge in [-0.15, -0.1) is 11.3 Å². The largest absolute Gasteiger partial charge is 0.379 e. The molecule has 0 bridgehead atoms. The van der Waals surface area contributed by atoms with E-state index in [-0.39, 0.29) is 12.0 Å². The Balaban J connectivity index is 1.56. The average molecular weight is 448 g/mol. The Kier molecular flexibility index (Phi) is 6.09. The number of hydrogen-bond donors (Lipinski definition) is 0. The summed E-state index contributed by atoms with van der Waals surface area (Å²) in [5.41, 5.74) is 2.35. The third-order valence-corrected chi connectivity index (χ3v) is 7.88. The minimum absolute atomic E-state index is 0.122. The minimum Gasteiger partial charge on any atom is -0.379 e. The maximum atomic E-state index is 10.1. The van der Waals surface area contributed by atoms with E-state index < -0.39 is 0 Å². The first kappa shape index (κ1) is 21.3. The molecule has 3 aromatic rings. The third-order valence-electron chi connectivity index (χ3n) is 6.78. The quantitative estimate of drug-likeness (QED) is 0.577. The van der Waals surface area contributed by atoms with Gasteiger partial charge in [0.2, 0.25) is 0 Å². The van der Waals surface area contributed by atoms with Crippen molar-refractivity contribution in [3.05, 3.63) is 52.2 Å². The Morgan fingerprint density at radius 3 is 2.69 bits per heavy atom. The Hall–Kier alpha value is -2.53. The summed E-state index contributed by atoms with van der Waals surface area (Å²) in [4.78, 5) is 17.2. The lowest BCUT2D eigenvalue weighted by molar-refractivity contribution is 0.0331. The molecule has 0 spiro atoms. The highest BCUT2D eigenvalue weighted by Crippen LogP contribution is 2.40. The molecule has 4 heterocycles. The van der Waals surface area contributed by atoms with Gasteiger partial charge in [0.15, 0.2) is 0 Å². The molecule has 7 heteroatoms. The van der Waals surface area contributed by atoms with Crippen LogP contribution in [0.1, 0.15) is 40.6 Å². The number of hydrogen-bond acceptors (Lipinski definition) is 7. The first-order valence-electron chi connectivity index (χ1n) is 11.4. The van der Waals surface area contributed by atoms with Crippen LogP contribution in [-0.2, 0) is 11.3 Å². The molecule has 0 radical (unpaired) electrons. The summed E-state index contributed by atoms with van der Waals surface area (Å²) in [5, 5.41) is 11.3. The predicted octanol–water partition coefficient (Wildman–Crippen LogP) is 4.42. The molecule has 5 rings (SSSR count). The number of nitriles is 1. The molecule has 2 atom stereocenters. The normalized spacial score (nSPS) is 20.5. The number of anilines is 1. The highest BCUT2D eigenvalue weighted by molar-refractivity contribution is 7.18. The van der Waals surface area contributed by atoms with Gasteiger partial charge >= 0.3 is 0 Å². The van der Waals surface area contributed by atoms with Crippen molar-refractivity contribution in [2.45, 2.75) is 45.2 Å². The molecule has 2 unspecified atom stereocenters. The lowest BCUT2D eigenvalue weighted by Crippen LogP contribution is -2.37. The van der Waals surface area contributed by atoms with Crippen LogP contribution < -0.4 is 4.90 Å². The maximum absolute atomic E-state index is 10.1. The van der Waals surface area contributed by atoms with E-state index in [1.165, 1.54) is 10.4 Å². The zero-order chi connectivity index (χ0) is 22.1. The van der Waals surface area contributed by atoms with Crippen molar-refractivity contribution in [1.82, 2.24) is 14.9 Å². The number of rotatable bonds is 5. The molecule has 2 aromatic heterocycles. The average Bonchev–Trinajstić information content (AvgIpc) is 3.40.